The Morgan fingerprint density at radius 2 is 1.93 bits per heavy atom. The number of carbonyl (C=O) groups excluding carboxylic acids is 1. The number of carbonyl (C=O) groups is 2. The van der Waals surface area contributed by atoms with Crippen molar-refractivity contribution in [2.75, 3.05) is 19.0 Å². The maximum Gasteiger partial charge on any atom is 0.335 e. The maximum absolute atomic E-state index is 12.9. The first-order chi connectivity index (χ1) is 19.4. The quantitative estimate of drug-likeness (QED) is 0.234. The van der Waals surface area contributed by atoms with Gasteiger partial charge in [0.05, 0.1) is 30.1 Å². The van der Waals surface area contributed by atoms with Crippen LogP contribution in [-0.2, 0) is 4.79 Å². The van der Waals surface area contributed by atoms with Gasteiger partial charge in [0.1, 0.15) is 23.3 Å². The van der Waals surface area contributed by atoms with E-state index in [4.69, 9.17) is 21.4 Å². The molecule has 0 radical (unpaired) electrons. The Kier molecular flexibility index (Phi) is 7.79. The van der Waals surface area contributed by atoms with Crippen LogP contribution >= 0.6 is 12.2 Å². The van der Waals surface area contributed by atoms with Gasteiger partial charge in [-0.25, -0.2) is 4.79 Å². The molecule has 3 N–H and O–H groups in total. The predicted molar refractivity (Wildman–Crippen MR) is 154 cm³/mol. The van der Waals surface area contributed by atoms with Crippen molar-refractivity contribution < 1.29 is 23.8 Å². The van der Waals surface area contributed by atoms with Gasteiger partial charge >= 0.3 is 5.97 Å². The molecule has 3 heterocycles. The zero-order valence-corrected chi connectivity index (χ0v) is 22.8. The minimum absolute atomic E-state index is 0.175. The van der Waals surface area contributed by atoms with Gasteiger partial charge < -0.3 is 29.8 Å². The molecule has 0 bridgehead atoms. The Bertz CT molecular complexity index is 1550. The molecular weight excluding hydrogens is 528 g/mol. The van der Waals surface area contributed by atoms with Crippen molar-refractivity contribution in [1.29, 1.82) is 0 Å². The first-order valence-corrected chi connectivity index (χ1v) is 13.1. The standard InChI is InChI=1S/C30H28N4O5S/c1-18-17-19(29(36)37)10-11-20(18)23-12-13-25(39-23)28-27(22-8-5-6-15-31-22)33-30(40)34(28)16-14-26(35)32-21-7-3-4-9-24(21)38-2/h3-13,15,17,27-28H,14,16H2,1-2H3,(H,32,35)(H,33,40)(H,36,37)/t27-,28+/m1/s1. The molecule has 1 fully saturated rings. The molecule has 1 aliphatic heterocycles. The third kappa shape index (κ3) is 5.52. The number of benzene rings is 2. The Balaban J connectivity index is 1.41. The number of aromatic nitrogens is 1. The highest BCUT2D eigenvalue weighted by Gasteiger charge is 2.41. The number of rotatable bonds is 9. The highest BCUT2D eigenvalue weighted by atomic mass is 32.1. The summed E-state index contributed by atoms with van der Waals surface area (Å²) in [7, 11) is 1.56. The van der Waals surface area contributed by atoms with Crippen molar-refractivity contribution in [3.05, 3.63) is 102 Å². The molecule has 40 heavy (non-hydrogen) atoms. The van der Waals surface area contributed by atoms with Crippen molar-refractivity contribution >= 4 is 34.9 Å². The smallest absolute Gasteiger partial charge is 0.335 e. The molecule has 9 nitrogen and oxygen atoms in total. The number of hydrogen-bond acceptors (Lipinski definition) is 6. The van der Waals surface area contributed by atoms with Gasteiger partial charge in [0.25, 0.3) is 0 Å². The summed E-state index contributed by atoms with van der Waals surface area (Å²) >= 11 is 5.71. The van der Waals surface area contributed by atoms with Crippen LogP contribution in [0.4, 0.5) is 5.69 Å². The molecule has 0 aliphatic carbocycles. The molecule has 0 spiro atoms. The largest absolute Gasteiger partial charge is 0.495 e. The minimum atomic E-state index is -0.982. The zero-order chi connectivity index (χ0) is 28.2. The van der Waals surface area contributed by atoms with Crippen molar-refractivity contribution in [3.8, 4) is 17.1 Å². The van der Waals surface area contributed by atoms with Gasteiger partial charge in [-0.1, -0.05) is 24.3 Å². The highest BCUT2D eigenvalue weighted by molar-refractivity contribution is 7.80. The average molecular weight is 557 g/mol. The molecule has 1 saturated heterocycles. The number of furan rings is 1. The molecule has 5 rings (SSSR count). The Morgan fingerprint density at radius 3 is 2.65 bits per heavy atom. The van der Waals surface area contributed by atoms with Gasteiger partial charge in [0.2, 0.25) is 5.91 Å². The summed E-state index contributed by atoms with van der Waals surface area (Å²) < 4.78 is 11.7. The molecular formula is C30H28N4O5S. The summed E-state index contributed by atoms with van der Waals surface area (Å²) in [5, 5.41) is 16.1. The van der Waals surface area contributed by atoms with Gasteiger partial charge in [-0.05, 0) is 73.2 Å². The summed E-state index contributed by atoms with van der Waals surface area (Å²) in [4.78, 5) is 30.8. The fraction of sp³-hybridized carbons (Fsp3) is 0.200. The second-order valence-electron chi connectivity index (χ2n) is 9.36. The molecule has 2 aromatic heterocycles. The number of ether oxygens (including phenoxy) is 1. The molecule has 2 aromatic carbocycles. The topological polar surface area (TPSA) is 117 Å². The van der Waals surface area contributed by atoms with E-state index in [-0.39, 0.29) is 30.0 Å². The predicted octanol–water partition coefficient (Wildman–Crippen LogP) is 5.36. The molecule has 1 amide bonds. The first kappa shape index (κ1) is 26.9. The maximum atomic E-state index is 12.9. The Labute approximate surface area is 236 Å². The Morgan fingerprint density at radius 1 is 1.12 bits per heavy atom. The molecule has 0 saturated carbocycles. The number of carboxylic acids is 1. The lowest BCUT2D eigenvalue weighted by Gasteiger charge is -2.26. The van der Waals surface area contributed by atoms with E-state index < -0.39 is 5.97 Å². The van der Waals surface area contributed by atoms with Gasteiger partial charge in [0.15, 0.2) is 5.11 Å². The van der Waals surface area contributed by atoms with Crippen LogP contribution in [-0.4, -0.2) is 45.6 Å². The fourth-order valence-electron chi connectivity index (χ4n) is 4.87. The molecule has 4 aromatic rings. The van der Waals surface area contributed by atoms with Crippen molar-refractivity contribution in [3.63, 3.8) is 0 Å². The van der Waals surface area contributed by atoms with Crippen LogP contribution in [0.25, 0.3) is 11.3 Å². The lowest BCUT2D eigenvalue weighted by atomic mass is 10.0. The number of nitrogens with zero attached hydrogens (tertiary/aromatic N) is 2. The van der Waals surface area contributed by atoms with Gasteiger partial charge in [0, 0.05) is 24.7 Å². The first-order valence-electron chi connectivity index (χ1n) is 12.7. The van der Waals surface area contributed by atoms with Gasteiger partial charge in [-0.15, -0.1) is 0 Å². The average Bonchev–Trinajstić information content (AvgIpc) is 3.56. The van der Waals surface area contributed by atoms with Crippen molar-refractivity contribution in [2.45, 2.75) is 25.4 Å². The third-order valence-corrected chi connectivity index (χ3v) is 7.17. The van der Waals surface area contributed by atoms with Crippen LogP contribution in [0.2, 0.25) is 0 Å². The summed E-state index contributed by atoms with van der Waals surface area (Å²) in [6, 6.07) is 20.9. The number of carboxylic acid groups (broad SMARTS) is 1. The normalized spacial score (nSPS) is 16.4. The summed E-state index contributed by atoms with van der Waals surface area (Å²) in [6.07, 6.45) is 1.90. The number of pyridine rings is 1. The lowest BCUT2D eigenvalue weighted by Crippen LogP contribution is -2.32. The number of hydrogen-bond donors (Lipinski definition) is 3. The van der Waals surface area contributed by atoms with Crippen LogP contribution in [0.1, 0.15) is 45.9 Å². The van der Waals surface area contributed by atoms with E-state index in [1.165, 1.54) is 0 Å². The number of aromatic carboxylic acids is 1. The summed E-state index contributed by atoms with van der Waals surface area (Å²) in [5.74, 6) is 0.670. The third-order valence-electron chi connectivity index (χ3n) is 6.82. The van der Waals surface area contributed by atoms with Gasteiger partial charge in [-0.3, -0.25) is 9.78 Å². The van der Waals surface area contributed by atoms with Crippen molar-refractivity contribution in [1.82, 2.24) is 15.2 Å². The molecule has 204 valence electrons. The van der Waals surface area contributed by atoms with Crippen molar-refractivity contribution in [2.24, 2.45) is 0 Å². The monoisotopic (exact) mass is 556 g/mol. The number of methoxy groups -OCH3 is 1. The summed E-state index contributed by atoms with van der Waals surface area (Å²) in [6.45, 7) is 2.18. The van der Waals surface area contributed by atoms with E-state index in [9.17, 15) is 14.7 Å². The van der Waals surface area contributed by atoms with E-state index in [0.29, 0.717) is 34.6 Å². The van der Waals surface area contributed by atoms with Crippen LogP contribution in [0.3, 0.4) is 0 Å². The van der Waals surface area contributed by atoms with E-state index in [2.05, 4.69) is 15.6 Å². The minimum Gasteiger partial charge on any atom is -0.495 e. The summed E-state index contributed by atoms with van der Waals surface area (Å²) in [5.41, 5.74) is 3.18. The number of thiocarbonyl (C=S) groups is 1. The number of aryl methyl sites for hydroxylation is 1. The molecule has 10 heteroatoms. The number of para-hydroxylation sites is 2. The van der Waals surface area contributed by atoms with Crippen LogP contribution < -0.4 is 15.4 Å². The van der Waals surface area contributed by atoms with Crippen LogP contribution in [0.15, 0.2) is 83.4 Å². The number of nitrogens with one attached hydrogen (secondary N) is 2. The molecule has 2 atom stereocenters. The second kappa shape index (κ2) is 11.6. The molecule has 1 aliphatic rings. The fourth-order valence-corrected chi connectivity index (χ4v) is 5.20. The van der Waals surface area contributed by atoms with Crippen LogP contribution in [0.5, 0.6) is 5.75 Å². The zero-order valence-electron chi connectivity index (χ0n) is 22.0. The lowest BCUT2D eigenvalue weighted by molar-refractivity contribution is -0.116. The van der Waals surface area contributed by atoms with E-state index in [1.54, 1.807) is 43.6 Å². The van der Waals surface area contributed by atoms with E-state index in [0.717, 1.165) is 16.8 Å². The van der Waals surface area contributed by atoms with E-state index >= 15 is 0 Å². The van der Waals surface area contributed by atoms with E-state index in [1.807, 2.05) is 54.3 Å². The number of anilines is 1. The second-order valence-corrected chi connectivity index (χ2v) is 9.74. The molecule has 0 unspecified atom stereocenters. The highest BCUT2D eigenvalue weighted by Crippen LogP contribution is 2.41. The van der Waals surface area contributed by atoms with Gasteiger partial charge in [-0.2, -0.15) is 0 Å². The Hall–Kier alpha value is -4.70. The number of amides is 1. The SMILES string of the molecule is COc1ccccc1NC(=O)CCN1C(=S)N[C@H](c2ccccn2)[C@@H]1c1ccc(-c2ccc(C(=O)O)cc2C)o1. The van der Waals surface area contributed by atoms with Crippen LogP contribution in [0, 0.1) is 6.92 Å².